The Bertz CT molecular complexity index is 1070. The number of carbonyl (C=O) groups is 2. The Kier molecular flexibility index (Phi) is 6.70. The molecule has 1 unspecified atom stereocenters. The lowest BCUT2D eigenvalue weighted by molar-refractivity contribution is -0.150. The number of benzene rings is 2. The van der Waals surface area contributed by atoms with Gasteiger partial charge < -0.3 is 19.5 Å². The van der Waals surface area contributed by atoms with Gasteiger partial charge in [-0.15, -0.1) is 0 Å². The molecule has 1 N–H and O–H groups in total. The van der Waals surface area contributed by atoms with Crippen molar-refractivity contribution < 1.29 is 24.2 Å². The fourth-order valence-corrected chi connectivity index (χ4v) is 4.34. The van der Waals surface area contributed by atoms with Crippen molar-refractivity contribution in [3.63, 3.8) is 0 Å². The van der Waals surface area contributed by atoms with Crippen molar-refractivity contribution in [3.05, 3.63) is 58.8 Å². The van der Waals surface area contributed by atoms with Gasteiger partial charge in [0.25, 0.3) is 0 Å². The Hall–Kier alpha value is -3.32. The van der Waals surface area contributed by atoms with Crippen molar-refractivity contribution in [1.29, 1.82) is 0 Å². The third kappa shape index (κ3) is 4.88. The van der Waals surface area contributed by atoms with Crippen molar-refractivity contribution >= 4 is 23.5 Å². The maximum Gasteiger partial charge on any atom is 0.310 e. The van der Waals surface area contributed by atoms with Gasteiger partial charge in [0.15, 0.2) is 5.76 Å². The highest BCUT2D eigenvalue weighted by molar-refractivity contribution is 6.15. The second-order valence-corrected chi connectivity index (χ2v) is 8.69. The van der Waals surface area contributed by atoms with E-state index in [-0.39, 0.29) is 29.2 Å². The molecule has 7 heteroatoms. The summed E-state index contributed by atoms with van der Waals surface area (Å²) in [7, 11) is 3.94. The van der Waals surface area contributed by atoms with E-state index in [0.29, 0.717) is 36.6 Å². The molecule has 2 aliphatic rings. The Balaban J connectivity index is 1.55. The SMILES string of the molecule is CCOC(=O)C1CCCN(Cc2c(O)ccc3c2O/C(=C\c2ccc(N(C)C)cc2)C3=O)C1. The Morgan fingerprint density at radius 1 is 1.24 bits per heavy atom. The average Bonchev–Trinajstić information content (AvgIpc) is 3.12. The first kappa shape index (κ1) is 22.9. The molecule has 4 rings (SSSR count). The number of phenolic OH excluding ortho intramolecular Hbond substituents is 1. The summed E-state index contributed by atoms with van der Waals surface area (Å²) in [5.74, 6) is 0.150. The monoisotopic (exact) mass is 450 g/mol. The molecule has 1 saturated heterocycles. The van der Waals surface area contributed by atoms with Gasteiger partial charge in [-0.25, -0.2) is 0 Å². The summed E-state index contributed by atoms with van der Waals surface area (Å²) in [6.45, 7) is 3.92. The number of carbonyl (C=O) groups excluding carboxylic acids is 2. The molecular weight excluding hydrogens is 420 g/mol. The first-order chi connectivity index (χ1) is 15.9. The van der Waals surface area contributed by atoms with Crippen LogP contribution < -0.4 is 9.64 Å². The lowest BCUT2D eigenvalue weighted by atomic mass is 9.97. The van der Waals surface area contributed by atoms with Gasteiger partial charge >= 0.3 is 5.97 Å². The topological polar surface area (TPSA) is 79.3 Å². The smallest absolute Gasteiger partial charge is 0.310 e. The minimum absolute atomic E-state index is 0.0800. The summed E-state index contributed by atoms with van der Waals surface area (Å²) in [5, 5.41) is 10.6. The number of hydrogen-bond acceptors (Lipinski definition) is 7. The van der Waals surface area contributed by atoms with Crippen LogP contribution in [0, 0.1) is 5.92 Å². The van der Waals surface area contributed by atoms with Gasteiger partial charge in [0, 0.05) is 32.9 Å². The molecule has 2 aromatic carbocycles. The van der Waals surface area contributed by atoms with Gasteiger partial charge in [0.2, 0.25) is 5.78 Å². The molecule has 2 aliphatic heterocycles. The van der Waals surface area contributed by atoms with E-state index in [1.807, 2.05) is 43.3 Å². The highest BCUT2D eigenvalue weighted by atomic mass is 16.5. The third-order valence-electron chi connectivity index (χ3n) is 6.13. The fourth-order valence-electron chi connectivity index (χ4n) is 4.34. The van der Waals surface area contributed by atoms with E-state index in [0.717, 1.165) is 30.6 Å². The van der Waals surface area contributed by atoms with Crippen LogP contribution in [0.3, 0.4) is 0 Å². The summed E-state index contributed by atoms with van der Waals surface area (Å²) >= 11 is 0. The number of likely N-dealkylation sites (tertiary alicyclic amines) is 1. The van der Waals surface area contributed by atoms with Gasteiger partial charge in [-0.2, -0.15) is 0 Å². The zero-order valence-electron chi connectivity index (χ0n) is 19.3. The van der Waals surface area contributed by atoms with E-state index in [1.165, 1.54) is 6.07 Å². The van der Waals surface area contributed by atoms with Crippen molar-refractivity contribution in [3.8, 4) is 11.5 Å². The number of hydrogen-bond donors (Lipinski definition) is 1. The average molecular weight is 451 g/mol. The molecule has 0 radical (unpaired) electrons. The molecule has 7 nitrogen and oxygen atoms in total. The number of fused-ring (bicyclic) bond motifs is 1. The van der Waals surface area contributed by atoms with Crippen LogP contribution in [0.15, 0.2) is 42.2 Å². The van der Waals surface area contributed by atoms with Gasteiger partial charge in [0.1, 0.15) is 11.5 Å². The van der Waals surface area contributed by atoms with E-state index in [9.17, 15) is 14.7 Å². The zero-order chi connectivity index (χ0) is 23.5. The van der Waals surface area contributed by atoms with Gasteiger partial charge in [-0.05, 0) is 62.2 Å². The standard InChI is InChI=1S/C26H30N2O5/c1-4-32-26(31)18-6-5-13-28(15-18)16-21-22(29)12-11-20-24(30)23(33-25(20)21)14-17-7-9-19(10-8-17)27(2)3/h7-12,14,18,29H,4-6,13,15-16H2,1-3H3/b23-14-. The lowest BCUT2D eigenvalue weighted by Crippen LogP contribution is -2.39. The van der Waals surface area contributed by atoms with Crippen LogP contribution in [0.25, 0.3) is 6.08 Å². The Labute approximate surface area is 194 Å². The number of allylic oxidation sites excluding steroid dienone is 1. The summed E-state index contributed by atoms with van der Waals surface area (Å²) in [4.78, 5) is 29.3. The maximum absolute atomic E-state index is 13.0. The molecule has 174 valence electrons. The maximum atomic E-state index is 13.0. The van der Waals surface area contributed by atoms with Crippen LogP contribution in [0.1, 0.15) is 41.3 Å². The molecule has 1 fully saturated rings. The number of phenols is 1. The third-order valence-corrected chi connectivity index (χ3v) is 6.13. The molecule has 33 heavy (non-hydrogen) atoms. The minimum atomic E-state index is -0.203. The first-order valence-corrected chi connectivity index (χ1v) is 11.3. The van der Waals surface area contributed by atoms with E-state index in [1.54, 1.807) is 19.1 Å². The second-order valence-electron chi connectivity index (χ2n) is 8.69. The largest absolute Gasteiger partial charge is 0.507 e. The number of esters is 1. The molecule has 0 amide bonds. The fraction of sp³-hybridized carbons (Fsp3) is 0.385. The normalized spacial score (nSPS) is 19.3. The summed E-state index contributed by atoms with van der Waals surface area (Å²) in [5.41, 5.74) is 2.93. The van der Waals surface area contributed by atoms with Gasteiger partial charge in [0.05, 0.1) is 23.7 Å². The van der Waals surface area contributed by atoms with Crippen LogP contribution in [-0.4, -0.2) is 55.6 Å². The number of Topliss-reactive ketones (excluding diaryl/α,β-unsaturated/α-hetero) is 1. The minimum Gasteiger partial charge on any atom is -0.507 e. The number of aromatic hydroxyl groups is 1. The van der Waals surface area contributed by atoms with Crippen LogP contribution in [-0.2, 0) is 16.1 Å². The van der Waals surface area contributed by atoms with E-state index >= 15 is 0 Å². The van der Waals surface area contributed by atoms with Gasteiger partial charge in [-0.1, -0.05) is 12.1 Å². The number of ether oxygens (including phenoxy) is 2. The predicted molar refractivity (Wildman–Crippen MR) is 126 cm³/mol. The molecule has 1 atom stereocenters. The predicted octanol–water partition coefficient (Wildman–Crippen LogP) is 3.85. The van der Waals surface area contributed by atoms with Crippen LogP contribution >= 0.6 is 0 Å². The summed E-state index contributed by atoms with van der Waals surface area (Å²) in [6.07, 6.45) is 3.39. The van der Waals surface area contributed by atoms with E-state index < -0.39 is 0 Å². The number of anilines is 1. The van der Waals surface area contributed by atoms with Crippen LogP contribution in [0.5, 0.6) is 11.5 Å². The Morgan fingerprint density at radius 3 is 2.70 bits per heavy atom. The molecular formula is C26H30N2O5. The highest BCUT2D eigenvalue weighted by Gasteiger charge is 2.33. The van der Waals surface area contributed by atoms with Crippen molar-refractivity contribution in [2.24, 2.45) is 5.92 Å². The summed E-state index contributed by atoms with van der Waals surface area (Å²) in [6, 6.07) is 11.0. The molecule has 0 bridgehead atoms. The second kappa shape index (κ2) is 9.67. The molecule has 0 spiro atoms. The molecule has 2 aromatic rings. The molecule has 0 aliphatic carbocycles. The van der Waals surface area contributed by atoms with Gasteiger partial charge in [-0.3, -0.25) is 14.5 Å². The number of piperidine rings is 1. The highest BCUT2D eigenvalue weighted by Crippen LogP contribution is 2.40. The van der Waals surface area contributed by atoms with Crippen molar-refractivity contribution in [1.82, 2.24) is 4.90 Å². The molecule has 0 aromatic heterocycles. The molecule has 2 heterocycles. The van der Waals surface area contributed by atoms with Crippen LogP contribution in [0.4, 0.5) is 5.69 Å². The number of ketones is 1. The quantitative estimate of drug-likeness (QED) is 0.529. The number of nitrogens with zero attached hydrogens (tertiary/aromatic N) is 2. The summed E-state index contributed by atoms with van der Waals surface area (Å²) < 4.78 is 11.2. The Morgan fingerprint density at radius 2 is 2.00 bits per heavy atom. The van der Waals surface area contributed by atoms with E-state index in [4.69, 9.17) is 9.47 Å². The van der Waals surface area contributed by atoms with Crippen LogP contribution in [0.2, 0.25) is 0 Å². The lowest BCUT2D eigenvalue weighted by Gasteiger charge is -2.31. The van der Waals surface area contributed by atoms with Crippen molar-refractivity contribution in [2.45, 2.75) is 26.3 Å². The number of rotatable bonds is 6. The van der Waals surface area contributed by atoms with E-state index in [2.05, 4.69) is 4.90 Å². The van der Waals surface area contributed by atoms with Crippen molar-refractivity contribution in [2.75, 3.05) is 38.7 Å². The molecule has 0 saturated carbocycles. The first-order valence-electron chi connectivity index (χ1n) is 11.3. The zero-order valence-corrected chi connectivity index (χ0v) is 19.3.